The Morgan fingerprint density at radius 3 is 2.62 bits per heavy atom. The van der Waals surface area contributed by atoms with Crippen LogP contribution in [-0.2, 0) is 11.2 Å². The fourth-order valence-electron chi connectivity index (χ4n) is 3.68. The number of amides is 2. The van der Waals surface area contributed by atoms with Gasteiger partial charge in [0.25, 0.3) is 5.91 Å². The number of hydrogen-bond donors (Lipinski definition) is 1. The third kappa shape index (κ3) is 2.48. The van der Waals surface area contributed by atoms with Gasteiger partial charge < -0.3 is 5.32 Å². The highest BCUT2D eigenvalue weighted by Gasteiger charge is 2.30. The van der Waals surface area contributed by atoms with E-state index in [4.69, 9.17) is 0 Å². The van der Waals surface area contributed by atoms with Crippen LogP contribution in [0.2, 0.25) is 0 Å². The average molecular weight is 286 g/mol. The van der Waals surface area contributed by atoms with Gasteiger partial charge in [0.05, 0.1) is 6.42 Å². The normalized spacial score (nSPS) is 20.8. The first-order valence-electron chi connectivity index (χ1n) is 7.72. The quantitative estimate of drug-likeness (QED) is 0.867. The largest absolute Gasteiger partial charge is 0.313 e. The molecule has 1 saturated carbocycles. The lowest BCUT2D eigenvalue weighted by Crippen LogP contribution is -2.39. The summed E-state index contributed by atoms with van der Waals surface area (Å²) in [5.74, 6) is 0.344. The molecule has 1 N–H and O–H groups in total. The van der Waals surface area contributed by atoms with Crippen molar-refractivity contribution < 1.29 is 9.59 Å². The predicted octanol–water partition coefficient (Wildman–Crippen LogP) is 2.29. The van der Waals surface area contributed by atoms with Crippen LogP contribution < -0.4 is 5.32 Å². The summed E-state index contributed by atoms with van der Waals surface area (Å²) in [6.07, 6.45) is 5.41. The molecule has 1 atom stereocenters. The van der Waals surface area contributed by atoms with Crippen molar-refractivity contribution >= 4 is 11.8 Å². The minimum Gasteiger partial charge on any atom is -0.313 e. The van der Waals surface area contributed by atoms with E-state index >= 15 is 0 Å². The highest BCUT2D eigenvalue weighted by atomic mass is 16.2. The first-order chi connectivity index (χ1) is 10.1. The zero-order valence-corrected chi connectivity index (χ0v) is 12.7. The van der Waals surface area contributed by atoms with Crippen molar-refractivity contribution in [1.82, 2.24) is 10.2 Å². The van der Waals surface area contributed by atoms with E-state index in [1.54, 1.807) is 7.05 Å². The molecule has 21 heavy (non-hydrogen) atoms. The Kier molecular flexibility index (Phi) is 3.81. The van der Waals surface area contributed by atoms with Gasteiger partial charge in [-0.05, 0) is 43.0 Å². The van der Waals surface area contributed by atoms with Gasteiger partial charge in [-0.3, -0.25) is 14.5 Å². The van der Waals surface area contributed by atoms with Crippen molar-refractivity contribution in [2.45, 2.75) is 38.1 Å². The second kappa shape index (κ2) is 5.60. The zero-order valence-electron chi connectivity index (χ0n) is 12.7. The Labute approximate surface area is 125 Å². The van der Waals surface area contributed by atoms with E-state index in [9.17, 15) is 9.59 Å². The number of fused-ring (bicyclic) bond motifs is 1. The van der Waals surface area contributed by atoms with Crippen LogP contribution in [0.3, 0.4) is 0 Å². The molecule has 0 radical (unpaired) electrons. The van der Waals surface area contributed by atoms with E-state index in [0.29, 0.717) is 23.9 Å². The maximum Gasteiger partial charge on any atom is 0.260 e. The number of rotatable bonds is 3. The molecule has 1 aliphatic heterocycles. The molecule has 2 amide bonds. The SMILES string of the molecule is CNC(c1ccc2c(c1)C(=O)N(C)C(=O)C2)C1CCCC1. The lowest BCUT2D eigenvalue weighted by Gasteiger charge is -2.27. The monoisotopic (exact) mass is 286 g/mol. The maximum absolute atomic E-state index is 12.3. The Morgan fingerprint density at radius 1 is 1.24 bits per heavy atom. The fourth-order valence-corrected chi connectivity index (χ4v) is 3.68. The minimum atomic E-state index is -0.177. The number of carbonyl (C=O) groups excluding carboxylic acids is 2. The Morgan fingerprint density at radius 2 is 1.95 bits per heavy atom. The van der Waals surface area contributed by atoms with Crippen LogP contribution in [0.4, 0.5) is 0 Å². The molecule has 2 aliphatic rings. The topological polar surface area (TPSA) is 49.4 Å². The first kappa shape index (κ1) is 14.3. The van der Waals surface area contributed by atoms with Crippen LogP contribution in [-0.4, -0.2) is 30.8 Å². The van der Waals surface area contributed by atoms with E-state index < -0.39 is 0 Å². The van der Waals surface area contributed by atoms with Gasteiger partial charge >= 0.3 is 0 Å². The summed E-state index contributed by atoms with van der Waals surface area (Å²) in [5, 5.41) is 3.41. The number of nitrogens with zero attached hydrogens (tertiary/aromatic N) is 1. The number of imide groups is 1. The van der Waals surface area contributed by atoms with E-state index in [1.807, 2.05) is 19.2 Å². The molecule has 1 aromatic rings. The summed E-state index contributed by atoms with van der Waals surface area (Å²) in [7, 11) is 3.55. The lowest BCUT2D eigenvalue weighted by molar-refractivity contribution is -0.127. The first-order valence-corrected chi connectivity index (χ1v) is 7.72. The van der Waals surface area contributed by atoms with Crippen molar-refractivity contribution in [3.63, 3.8) is 0 Å². The molecule has 1 heterocycles. The molecule has 4 heteroatoms. The molecule has 1 fully saturated rings. The van der Waals surface area contributed by atoms with Crippen LogP contribution in [0.25, 0.3) is 0 Å². The summed E-state index contributed by atoms with van der Waals surface area (Å²) in [6, 6.07) is 6.31. The van der Waals surface area contributed by atoms with Crippen LogP contribution in [0.5, 0.6) is 0 Å². The number of carbonyl (C=O) groups is 2. The summed E-state index contributed by atoms with van der Waals surface area (Å²) >= 11 is 0. The summed E-state index contributed by atoms with van der Waals surface area (Å²) in [4.78, 5) is 25.3. The van der Waals surface area contributed by atoms with Gasteiger partial charge in [0.15, 0.2) is 0 Å². The van der Waals surface area contributed by atoms with E-state index in [-0.39, 0.29) is 11.8 Å². The highest BCUT2D eigenvalue weighted by Crippen LogP contribution is 2.36. The van der Waals surface area contributed by atoms with Crippen molar-refractivity contribution in [3.05, 3.63) is 34.9 Å². The van der Waals surface area contributed by atoms with Gasteiger partial charge in [0, 0.05) is 18.7 Å². The smallest absolute Gasteiger partial charge is 0.260 e. The van der Waals surface area contributed by atoms with Gasteiger partial charge in [0.2, 0.25) is 5.91 Å². The summed E-state index contributed by atoms with van der Waals surface area (Å²) < 4.78 is 0. The molecular weight excluding hydrogens is 264 g/mol. The number of hydrogen-bond acceptors (Lipinski definition) is 3. The fraction of sp³-hybridized carbons (Fsp3) is 0.529. The Balaban J connectivity index is 1.95. The molecule has 112 valence electrons. The second-order valence-corrected chi connectivity index (χ2v) is 6.16. The number of benzene rings is 1. The molecule has 1 aliphatic carbocycles. The minimum absolute atomic E-state index is 0.124. The van der Waals surface area contributed by atoms with Crippen molar-refractivity contribution in [2.75, 3.05) is 14.1 Å². The molecule has 1 unspecified atom stereocenters. The van der Waals surface area contributed by atoms with E-state index in [1.165, 1.54) is 36.1 Å². The molecule has 0 spiro atoms. The molecule has 3 rings (SSSR count). The molecular formula is C17H22N2O2. The lowest BCUT2D eigenvalue weighted by atomic mass is 9.88. The second-order valence-electron chi connectivity index (χ2n) is 6.16. The molecule has 0 bridgehead atoms. The number of nitrogens with one attached hydrogen (secondary N) is 1. The molecule has 0 aromatic heterocycles. The Hall–Kier alpha value is -1.68. The van der Waals surface area contributed by atoms with Gasteiger partial charge in [-0.25, -0.2) is 0 Å². The molecule has 1 aromatic carbocycles. The third-order valence-electron chi connectivity index (χ3n) is 4.93. The highest BCUT2D eigenvalue weighted by molar-refractivity contribution is 6.09. The van der Waals surface area contributed by atoms with Crippen molar-refractivity contribution in [2.24, 2.45) is 5.92 Å². The van der Waals surface area contributed by atoms with Crippen LogP contribution in [0.1, 0.15) is 53.2 Å². The summed E-state index contributed by atoms with van der Waals surface area (Å²) in [5.41, 5.74) is 2.71. The average Bonchev–Trinajstić information content (AvgIpc) is 3.00. The summed E-state index contributed by atoms with van der Waals surface area (Å²) in [6.45, 7) is 0. The third-order valence-corrected chi connectivity index (χ3v) is 4.93. The van der Waals surface area contributed by atoms with Crippen molar-refractivity contribution in [1.29, 1.82) is 0 Å². The standard InChI is InChI=1S/C17H22N2O2/c1-18-16(11-5-3-4-6-11)13-8-7-12-10-15(20)19(2)17(21)14(12)9-13/h7-9,11,16,18H,3-6,10H2,1-2H3. The molecule has 0 saturated heterocycles. The van der Waals surface area contributed by atoms with Gasteiger partial charge in [0.1, 0.15) is 0 Å². The predicted molar refractivity (Wildman–Crippen MR) is 81.0 cm³/mol. The number of likely N-dealkylation sites (N-methyl/N-ethyl adjacent to an activating group) is 1. The van der Waals surface area contributed by atoms with Crippen LogP contribution >= 0.6 is 0 Å². The molecule has 4 nitrogen and oxygen atoms in total. The van der Waals surface area contributed by atoms with E-state index in [2.05, 4.69) is 11.4 Å². The Bertz CT molecular complexity index is 576. The van der Waals surface area contributed by atoms with E-state index in [0.717, 1.165) is 5.56 Å². The maximum atomic E-state index is 12.3. The zero-order chi connectivity index (χ0) is 15.0. The van der Waals surface area contributed by atoms with Gasteiger partial charge in [-0.1, -0.05) is 25.0 Å². The van der Waals surface area contributed by atoms with Crippen LogP contribution in [0, 0.1) is 5.92 Å². The van der Waals surface area contributed by atoms with Crippen LogP contribution in [0.15, 0.2) is 18.2 Å². The van der Waals surface area contributed by atoms with Crippen molar-refractivity contribution in [3.8, 4) is 0 Å². The van der Waals surface area contributed by atoms with Gasteiger partial charge in [-0.15, -0.1) is 0 Å². The van der Waals surface area contributed by atoms with Gasteiger partial charge in [-0.2, -0.15) is 0 Å².